The van der Waals surface area contributed by atoms with E-state index in [2.05, 4.69) is 16.1 Å². The van der Waals surface area contributed by atoms with Crippen LogP contribution in [0, 0.1) is 0 Å². The Morgan fingerprint density at radius 3 is 2.45 bits per heavy atom. The zero-order chi connectivity index (χ0) is 8.74. The molecule has 0 aromatic carbocycles. The highest BCUT2D eigenvalue weighted by atomic mass is 31.2. The molecule has 0 N–H and O–H groups in total. The van der Waals surface area contributed by atoms with Gasteiger partial charge < -0.3 is 4.52 Å². The Kier molecular flexibility index (Phi) is 5.42. The third kappa shape index (κ3) is 4.32. The quantitative estimate of drug-likeness (QED) is 0.357. The third-order valence-corrected chi connectivity index (χ3v) is 2.19. The molecule has 0 amide bonds. The molecule has 0 saturated carbocycles. The van der Waals surface area contributed by atoms with E-state index in [1.165, 1.54) is 0 Å². The van der Waals surface area contributed by atoms with E-state index in [1.54, 1.807) is 13.8 Å². The molecule has 0 saturated heterocycles. The molecule has 0 aliphatic heterocycles. The summed E-state index contributed by atoms with van der Waals surface area (Å²) < 4.78 is 20.5. The molecule has 1 unspecified atom stereocenters. The van der Waals surface area contributed by atoms with Crippen molar-refractivity contribution in [2.75, 3.05) is 13.2 Å². The van der Waals surface area contributed by atoms with Crippen LogP contribution < -0.4 is 0 Å². The van der Waals surface area contributed by atoms with Crippen molar-refractivity contribution in [3.05, 3.63) is 12.4 Å². The summed E-state index contributed by atoms with van der Waals surface area (Å²) >= 11 is 0. The lowest BCUT2D eigenvalue weighted by molar-refractivity contribution is -0.208. The highest BCUT2D eigenvalue weighted by Crippen LogP contribution is 2.49. The van der Waals surface area contributed by atoms with Crippen LogP contribution in [0.5, 0.6) is 0 Å². The first kappa shape index (κ1) is 10.8. The number of rotatable bonds is 6. The smallest absolute Gasteiger partial charge is 0.304 e. The van der Waals surface area contributed by atoms with Crippen molar-refractivity contribution in [1.29, 1.82) is 0 Å². The second kappa shape index (κ2) is 5.49. The van der Waals surface area contributed by atoms with Crippen molar-refractivity contribution in [3.8, 4) is 0 Å². The fourth-order valence-electron chi connectivity index (χ4n) is 0.411. The summed E-state index contributed by atoms with van der Waals surface area (Å²) in [6, 6.07) is 0. The van der Waals surface area contributed by atoms with Gasteiger partial charge in [0.1, 0.15) is 0 Å². The van der Waals surface area contributed by atoms with Gasteiger partial charge in [0.05, 0.1) is 13.2 Å². The van der Waals surface area contributed by atoms with Gasteiger partial charge in [-0.3, -0.25) is 4.57 Å². The molecule has 0 heterocycles. The molecule has 0 bridgehead atoms. The first-order valence-corrected chi connectivity index (χ1v) is 4.98. The Morgan fingerprint density at radius 1 is 1.45 bits per heavy atom. The van der Waals surface area contributed by atoms with Crippen molar-refractivity contribution in [2.24, 2.45) is 0 Å². The number of hydrogen-bond donors (Lipinski definition) is 0. The molecule has 0 aromatic rings. The second-order valence-corrected chi connectivity index (χ2v) is 3.47. The average molecular weight is 180 g/mol. The van der Waals surface area contributed by atoms with E-state index in [9.17, 15) is 4.57 Å². The molecular weight excluding hydrogens is 167 g/mol. The van der Waals surface area contributed by atoms with Crippen LogP contribution >= 0.6 is 7.60 Å². The molecule has 11 heavy (non-hydrogen) atoms. The summed E-state index contributed by atoms with van der Waals surface area (Å²) in [5.41, 5.74) is 0. The van der Waals surface area contributed by atoms with E-state index in [0.29, 0.717) is 13.2 Å². The molecule has 0 rings (SSSR count). The minimum absolute atomic E-state index is 0.302. The summed E-state index contributed by atoms with van der Waals surface area (Å²) in [5.74, 6) is 1.12. The van der Waals surface area contributed by atoms with Crippen LogP contribution in [0.25, 0.3) is 0 Å². The zero-order valence-corrected chi connectivity index (χ0v) is 7.67. The van der Waals surface area contributed by atoms with E-state index >= 15 is 0 Å². The highest BCUT2D eigenvalue weighted by Gasteiger charge is 2.19. The van der Waals surface area contributed by atoms with Gasteiger partial charge >= 0.3 is 7.60 Å². The van der Waals surface area contributed by atoms with Gasteiger partial charge in [-0.1, -0.05) is 6.58 Å². The summed E-state index contributed by atoms with van der Waals surface area (Å²) in [4.78, 5) is 4.48. The van der Waals surface area contributed by atoms with Crippen LogP contribution in [0.2, 0.25) is 0 Å². The maximum Gasteiger partial charge on any atom is 0.380 e. The van der Waals surface area contributed by atoms with Crippen LogP contribution in [0.1, 0.15) is 13.8 Å². The van der Waals surface area contributed by atoms with Crippen molar-refractivity contribution in [3.63, 3.8) is 0 Å². The van der Waals surface area contributed by atoms with Crippen molar-refractivity contribution in [2.45, 2.75) is 13.8 Å². The molecule has 0 radical (unpaired) electrons. The fourth-order valence-corrected chi connectivity index (χ4v) is 1.23. The van der Waals surface area contributed by atoms with Gasteiger partial charge in [0.15, 0.2) is 0 Å². The van der Waals surface area contributed by atoms with E-state index < -0.39 is 7.60 Å². The van der Waals surface area contributed by atoms with Gasteiger partial charge in [0.2, 0.25) is 0 Å². The number of hydrogen-bond acceptors (Lipinski definition) is 4. The van der Waals surface area contributed by atoms with Crippen molar-refractivity contribution < 1.29 is 18.7 Å². The van der Waals surface area contributed by atoms with E-state index in [1.807, 2.05) is 0 Å². The van der Waals surface area contributed by atoms with Gasteiger partial charge in [-0.2, -0.15) is 0 Å². The highest BCUT2D eigenvalue weighted by molar-refractivity contribution is 7.57. The van der Waals surface area contributed by atoms with Crippen LogP contribution in [-0.4, -0.2) is 13.2 Å². The molecule has 4 nitrogen and oxygen atoms in total. The van der Waals surface area contributed by atoms with E-state index in [0.717, 1.165) is 5.82 Å². The van der Waals surface area contributed by atoms with Gasteiger partial charge in [-0.05, 0) is 13.8 Å². The molecule has 0 aliphatic rings. The summed E-state index contributed by atoms with van der Waals surface area (Å²) in [6.45, 7) is 7.37. The topological polar surface area (TPSA) is 44.8 Å². The zero-order valence-electron chi connectivity index (χ0n) is 6.78. The van der Waals surface area contributed by atoms with Gasteiger partial charge in [0.25, 0.3) is 0 Å². The predicted octanol–water partition coefficient (Wildman–Crippen LogP) is 2.33. The Hall–Kier alpha value is -0.150. The predicted molar refractivity (Wildman–Crippen MR) is 42.1 cm³/mol. The summed E-state index contributed by atoms with van der Waals surface area (Å²) in [5, 5.41) is 0. The molecule has 5 heteroatoms. The lowest BCUT2D eigenvalue weighted by Gasteiger charge is -2.10. The Bertz CT molecular complexity index is 157. The molecule has 66 valence electrons. The molecule has 0 aromatic heterocycles. The maximum absolute atomic E-state index is 11.3. The van der Waals surface area contributed by atoms with E-state index in [4.69, 9.17) is 4.52 Å². The Balaban J connectivity index is 3.89. The van der Waals surface area contributed by atoms with Crippen LogP contribution in [0.4, 0.5) is 0 Å². The molecule has 0 spiro atoms. The minimum Gasteiger partial charge on any atom is -0.304 e. The molecular formula is C6H13O4P. The summed E-state index contributed by atoms with van der Waals surface area (Å²) in [6.07, 6.45) is 0. The van der Waals surface area contributed by atoms with Gasteiger partial charge in [0, 0.05) is 5.82 Å². The molecule has 0 aliphatic carbocycles. The molecule has 1 atom stereocenters. The monoisotopic (exact) mass is 180 g/mol. The van der Waals surface area contributed by atoms with Crippen LogP contribution in [0.3, 0.4) is 0 Å². The Morgan fingerprint density at radius 2 is 2.09 bits per heavy atom. The van der Waals surface area contributed by atoms with Crippen LogP contribution in [0.15, 0.2) is 12.4 Å². The Labute approximate surface area is 66.6 Å². The molecule has 0 fully saturated rings. The first-order valence-electron chi connectivity index (χ1n) is 3.37. The third-order valence-electron chi connectivity index (χ3n) is 0.807. The SMILES string of the molecule is C=CP(=O)(OCC)OOCC. The van der Waals surface area contributed by atoms with E-state index in [-0.39, 0.29) is 0 Å². The first-order chi connectivity index (χ1) is 5.18. The van der Waals surface area contributed by atoms with Gasteiger partial charge in [-0.15, -0.1) is 4.67 Å². The maximum atomic E-state index is 11.3. The standard InChI is InChI=1S/C6H13O4P/c1-4-8-10-11(7,6-3)9-5-2/h6H,3-5H2,1-2H3. The second-order valence-electron chi connectivity index (χ2n) is 1.62. The summed E-state index contributed by atoms with van der Waals surface area (Å²) in [7, 11) is -3.18. The van der Waals surface area contributed by atoms with Crippen molar-refractivity contribution >= 4 is 7.60 Å². The average Bonchev–Trinajstić information content (AvgIpc) is 2.02. The van der Waals surface area contributed by atoms with Gasteiger partial charge in [-0.25, -0.2) is 4.89 Å². The van der Waals surface area contributed by atoms with Crippen molar-refractivity contribution in [1.82, 2.24) is 0 Å². The normalized spacial score (nSPS) is 15.8. The lowest BCUT2D eigenvalue weighted by Crippen LogP contribution is -1.94. The lowest BCUT2D eigenvalue weighted by atomic mass is 10.9. The largest absolute Gasteiger partial charge is 0.380 e. The minimum atomic E-state index is -3.18. The van der Waals surface area contributed by atoms with Crippen LogP contribution in [-0.2, 0) is 18.7 Å². The fraction of sp³-hybridized carbons (Fsp3) is 0.667.